The van der Waals surface area contributed by atoms with Crippen molar-refractivity contribution in [1.29, 1.82) is 0 Å². The first-order valence-corrected chi connectivity index (χ1v) is 6.11. The lowest BCUT2D eigenvalue weighted by Crippen LogP contribution is -2.20. The van der Waals surface area contributed by atoms with Crippen LogP contribution in [-0.4, -0.2) is 23.9 Å². The van der Waals surface area contributed by atoms with Gasteiger partial charge in [-0.3, -0.25) is 9.78 Å². The Morgan fingerprint density at radius 1 is 1.36 bits per heavy atom. The van der Waals surface area contributed by atoms with Crippen molar-refractivity contribution in [2.24, 2.45) is 5.92 Å². The minimum Gasteiger partial charge on any atom is -0.399 e. The number of halogens is 5. The molecule has 0 fully saturated rings. The number of alkyl halides is 5. The maximum atomic E-state index is 12.8. The zero-order chi connectivity index (χ0) is 17.1. The van der Waals surface area contributed by atoms with Crippen LogP contribution in [0.1, 0.15) is 45.8 Å². The van der Waals surface area contributed by atoms with E-state index in [-0.39, 0.29) is 24.2 Å². The first-order chi connectivity index (χ1) is 10.1. The third-order valence-electron chi connectivity index (χ3n) is 2.64. The monoisotopic (exact) mass is 325 g/mol. The lowest BCUT2D eigenvalue weighted by molar-refractivity contribution is -0.141. The summed E-state index contributed by atoms with van der Waals surface area (Å²) >= 11 is 0. The highest BCUT2D eigenvalue weighted by Gasteiger charge is 2.38. The number of hydrogen-bond acceptors (Lipinski definition) is 4. The maximum absolute atomic E-state index is 12.8. The second kappa shape index (κ2) is 6.80. The Labute approximate surface area is 122 Å². The van der Waals surface area contributed by atoms with Gasteiger partial charge in [-0.1, -0.05) is 13.8 Å². The van der Waals surface area contributed by atoms with Crippen LogP contribution >= 0.6 is 0 Å². The van der Waals surface area contributed by atoms with Gasteiger partial charge in [-0.2, -0.15) is 22.0 Å². The van der Waals surface area contributed by atoms with Crippen molar-refractivity contribution in [3.8, 4) is 0 Å². The van der Waals surface area contributed by atoms with Crippen molar-refractivity contribution in [2.45, 2.75) is 33.1 Å². The summed E-state index contributed by atoms with van der Waals surface area (Å²) in [5, 5.41) is 0. The lowest BCUT2D eigenvalue weighted by atomic mass is 9.93. The van der Waals surface area contributed by atoms with Crippen LogP contribution in [-0.2, 0) is 17.3 Å². The summed E-state index contributed by atoms with van der Waals surface area (Å²) in [4.78, 5) is 25.6. The van der Waals surface area contributed by atoms with Gasteiger partial charge in [0.1, 0.15) is 0 Å². The third-order valence-corrected chi connectivity index (χ3v) is 2.64. The second-order valence-corrected chi connectivity index (χ2v) is 4.79. The summed E-state index contributed by atoms with van der Waals surface area (Å²) in [7, 11) is 0. The molecule has 22 heavy (non-hydrogen) atoms. The standard InChI is InChI=1S/C13H12F5NO3/c1-6(2)3-7-8(11(21)22-12(14)15)4-19-10(9(7)5-20)13(16,17)18/h4-6,12H,3H2,1-2H3. The Kier molecular flexibility index (Phi) is 5.56. The van der Waals surface area contributed by atoms with Gasteiger partial charge in [-0.15, -0.1) is 0 Å². The molecular weight excluding hydrogens is 313 g/mol. The second-order valence-electron chi connectivity index (χ2n) is 4.79. The number of carbonyl (C=O) groups is 2. The number of ether oxygens (including phenoxy) is 1. The number of nitrogens with zero attached hydrogens (tertiary/aromatic N) is 1. The first-order valence-electron chi connectivity index (χ1n) is 6.11. The summed E-state index contributed by atoms with van der Waals surface area (Å²) in [5.41, 5.74) is -3.20. The molecule has 9 heteroatoms. The van der Waals surface area contributed by atoms with E-state index in [1.54, 1.807) is 13.8 Å². The van der Waals surface area contributed by atoms with E-state index >= 15 is 0 Å². The SMILES string of the molecule is CC(C)Cc1c(C(=O)OC(F)F)cnc(C(F)(F)F)c1C=O. The van der Waals surface area contributed by atoms with Crippen molar-refractivity contribution >= 4 is 12.3 Å². The zero-order valence-corrected chi connectivity index (χ0v) is 11.6. The predicted molar refractivity (Wildman–Crippen MR) is 64.6 cm³/mol. The highest BCUT2D eigenvalue weighted by atomic mass is 19.4. The van der Waals surface area contributed by atoms with Crippen LogP contribution in [0.3, 0.4) is 0 Å². The average Bonchev–Trinajstić information content (AvgIpc) is 2.35. The summed E-state index contributed by atoms with van der Waals surface area (Å²) in [6, 6.07) is 0. The molecule has 0 aliphatic heterocycles. The number of hydrogen-bond donors (Lipinski definition) is 0. The molecule has 0 saturated carbocycles. The van der Waals surface area contributed by atoms with Crippen LogP contribution in [0.4, 0.5) is 22.0 Å². The van der Waals surface area contributed by atoms with E-state index in [1.807, 2.05) is 0 Å². The first kappa shape index (κ1) is 18.0. The number of rotatable bonds is 5. The van der Waals surface area contributed by atoms with Crippen LogP contribution in [0.2, 0.25) is 0 Å². The number of carbonyl (C=O) groups excluding carboxylic acids is 2. The Bertz CT molecular complexity index is 570. The highest BCUT2D eigenvalue weighted by Crippen LogP contribution is 2.33. The van der Waals surface area contributed by atoms with Crippen molar-refractivity contribution in [1.82, 2.24) is 4.98 Å². The number of pyridine rings is 1. The van der Waals surface area contributed by atoms with E-state index in [0.29, 0.717) is 6.20 Å². The Morgan fingerprint density at radius 3 is 2.36 bits per heavy atom. The van der Waals surface area contributed by atoms with Gasteiger partial charge in [-0.25, -0.2) is 4.79 Å². The number of aldehydes is 1. The van der Waals surface area contributed by atoms with Gasteiger partial charge in [-0.05, 0) is 17.9 Å². The molecule has 0 radical (unpaired) electrons. The summed E-state index contributed by atoms with van der Waals surface area (Å²) in [5.74, 6) is -1.77. The Morgan fingerprint density at radius 2 is 1.95 bits per heavy atom. The van der Waals surface area contributed by atoms with Crippen molar-refractivity contribution in [3.05, 3.63) is 28.6 Å². The summed E-state index contributed by atoms with van der Waals surface area (Å²) < 4.78 is 66.4. The molecule has 0 unspecified atom stereocenters. The van der Waals surface area contributed by atoms with Gasteiger partial charge in [0.25, 0.3) is 0 Å². The van der Waals surface area contributed by atoms with E-state index in [1.165, 1.54) is 0 Å². The van der Waals surface area contributed by atoms with Crippen LogP contribution in [0.15, 0.2) is 6.20 Å². The minimum atomic E-state index is -4.91. The molecule has 1 aromatic rings. The lowest BCUT2D eigenvalue weighted by Gasteiger charge is -2.17. The molecular formula is C13H12F5NO3. The molecule has 0 saturated heterocycles. The fourth-order valence-electron chi connectivity index (χ4n) is 1.87. The van der Waals surface area contributed by atoms with Crippen LogP contribution in [0.25, 0.3) is 0 Å². The fraction of sp³-hybridized carbons (Fsp3) is 0.462. The van der Waals surface area contributed by atoms with Gasteiger partial charge < -0.3 is 4.74 Å². The molecule has 4 nitrogen and oxygen atoms in total. The topological polar surface area (TPSA) is 56.3 Å². The smallest absolute Gasteiger partial charge is 0.399 e. The van der Waals surface area contributed by atoms with Crippen LogP contribution in [0.5, 0.6) is 0 Å². The number of aromatic nitrogens is 1. The average molecular weight is 325 g/mol. The van der Waals surface area contributed by atoms with Gasteiger partial charge in [0.2, 0.25) is 0 Å². The fourth-order valence-corrected chi connectivity index (χ4v) is 1.87. The minimum absolute atomic E-state index is 0.0906. The van der Waals surface area contributed by atoms with Gasteiger partial charge in [0, 0.05) is 11.8 Å². The Hall–Kier alpha value is -2.06. The molecule has 0 amide bonds. The zero-order valence-electron chi connectivity index (χ0n) is 11.6. The van der Waals surface area contributed by atoms with Crippen LogP contribution < -0.4 is 0 Å². The molecule has 0 spiro atoms. The normalized spacial score (nSPS) is 11.9. The summed E-state index contributed by atoms with van der Waals surface area (Å²) in [6.45, 7) is -0.170. The number of esters is 1. The van der Waals surface area contributed by atoms with Gasteiger partial charge in [0.05, 0.1) is 5.56 Å². The third kappa shape index (κ3) is 4.22. The van der Waals surface area contributed by atoms with Crippen molar-refractivity contribution in [3.63, 3.8) is 0 Å². The van der Waals surface area contributed by atoms with E-state index in [4.69, 9.17) is 0 Å². The molecule has 1 rings (SSSR count). The van der Waals surface area contributed by atoms with Gasteiger partial charge in [0.15, 0.2) is 12.0 Å². The molecule has 0 aliphatic rings. The molecule has 122 valence electrons. The Balaban J connectivity index is 3.52. The van der Waals surface area contributed by atoms with E-state index in [2.05, 4.69) is 9.72 Å². The van der Waals surface area contributed by atoms with Crippen molar-refractivity contribution < 1.29 is 36.3 Å². The van der Waals surface area contributed by atoms with E-state index in [9.17, 15) is 31.5 Å². The molecule has 1 heterocycles. The molecule has 0 atom stereocenters. The maximum Gasteiger partial charge on any atom is 0.434 e. The predicted octanol–water partition coefficient (Wildman–Crippen LogP) is 3.49. The van der Waals surface area contributed by atoms with Crippen LogP contribution in [0, 0.1) is 5.92 Å². The largest absolute Gasteiger partial charge is 0.434 e. The van der Waals surface area contributed by atoms with Crippen molar-refractivity contribution in [2.75, 3.05) is 0 Å². The van der Waals surface area contributed by atoms with Gasteiger partial charge >= 0.3 is 18.8 Å². The molecule has 0 aromatic carbocycles. The van der Waals surface area contributed by atoms with E-state index in [0.717, 1.165) is 0 Å². The molecule has 0 aliphatic carbocycles. The highest BCUT2D eigenvalue weighted by molar-refractivity contribution is 5.94. The molecule has 0 bridgehead atoms. The molecule has 0 N–H and O–H groups in total. The van der Waals surface area contributed by atoms with E-state index < -0.39 is 35.6 Å². The quantitative estimate of drug-likeness (QED) is 0.472. The summed E-state index contributed by atoms with van der Waals surface area (Å²) in [6.07, 6.45) is -4.61. The molecule has 1 aromatic heterocycles.